The molecule has 1 fully saturated rings. The Kier molecular flexibility index (Phi) is 7.93. The van der Waals surface area contributed by atoms with Gasteiger partial charge in [0.1, 0.15) is 5.75 Å². The molecule has 1 aliphatic heterocycles. The second kappa shape index (κ2) is 9.18. The number of carbonyl (C=O) groups excluding carboxylic acids is 1. The van der Waals surface area contributed by atoms with Gasteiger partial charge in [0.15, 0.2) is 6.61 Å². The first-order valence-electron chi connectivity index (χ1n) is 6.52. The number of hydrazine groups is 1. The first kappa shape index (κ1) is 19.0. The van der Waals surface area contributed by atoms with Gasteiger partial charge in [0.05, 0.1) is 6.54 Å². The second-order valence-corrected chi connectivity index (χ2v) is 5.50. The third-order valence-corrected chi connectivity index (χ3v) is 3.85. The summed E-state index contributed by atoms with van der Waals surface area (Å²) in [5.41, 5.74) is 0.951. The van der Waals surface area contributed by atoms with Crippen molar-refractivity contribution in [3.63, 3.8) is 0 Å². The maximum absolute atomic E-state index is 11.9. The first-order chi connectivity index (χ1) is 10.1. The number of hydrogen-bond donors (Lipinski definition) is 1. The Hall–Kier alpha value is -1.04. The number of benzene rings is 1. The molecule has 1 amide bonds. The Labute approximate surface area is 148 Å². The zero-order chi connectivity index (χ0) is 15.2. The summed E-state index contributed by atoms with van der Waals surface area (Å²) in [5, 5.41) is 12.2. The number of hydrogen-bond acceptors (Lipinski definition) is 5. The normalized spacial score (nSPS) is 15.3. The molecule has 120 valence electrons. The molecule has 6 nitrogen and oxygen atoms in total. The maximum Gasteiger partial charge on any atom is 0.341 e. The Balaban J connectivity index is 0.00000242. The molecular formula is C14H17N2O4SW-. The van der Waals surface area contributed by atoms with Crippen LogP contribution in [0.25, 0.3) is 0 Å². The Morgan fingerprint density at radius 3 is 2.64 bits per heavy atom. The van der Waals surface area contributed by atoms with Crippen molar-refractivity contribution in [2.45, 2.75) is 6.54 Å². The summed E-state index contributed by atoms with van der Waals surface area (Å²) in [6.07, 6.45) is 0. The monoisotopic (exact) mass is 493 g/mol. The molecule has 0 spiro atoms. The molecule has 0 radical (unpaired) electrons. The number of carboxylic acid groups (broad SMARTS) is 1. The molecule has 1 aliphatic rings. The summed E-state index contributed by atoms with van der Waals surface area (Å²) in [7, 11) is 0. The predicted molar refractivity (Wildman–Crippen MR) is 79.9 cm³/mol. The van der Waals surface area contributed by atoms with E-state index in [1.807, 2.05) is 17.1 Å². The summed E-state index contributed by atoms with van der Waals surface area (Å²) in [5.74, 6) is 0.267. The van der Waals surface area contributed by atoms with E-state index in [0.717, 1.165) is 17.9 Å². The summed E-state index contributed by atoms with van der Waals surface area (Å²) in [6, 6.07) is 7.05. The van der Waals surface area contributed by atoms with Crippen LogP contribution in [0.15, 0.2) is 24.3 Å². The molecule has 1 N–H and O–H groups in total. The van der Waals surface area contributed by atoms with E-state index in [4.69, 9.17) is 9.84 Å². The number of carbonyl (C=O) groups is 2. The van der Waals surface area contributed by atoms with Crippen LogP contribution in [0.4, 0.5) is 4.79 Å². The van der Waals surface area contributed by atoms with Crippen LogP contribution >= 0.6 is 11.8 Å². The largest absolute Gasteiger partial charge is 0.482 e. The summed E-state index contributed by atoms with van der Waals surface area (Å²) in [6.45, 7) is 5.30. The van der Waals surface area contributed by atoms with Crippen molar-refractivity contribution < 1.29 is 40.5 Å². The van der Waals surface area contributed by atoms with E-state index in [1.54, 1.807) is 17.1 Å². The molecule has 0 aliphatic carbocycles. The predicted octanol–water partition coefficient (Wildman–Crippen LogP) is 1.87. The van der Waals surface area contributed by atoms with Crippen molar-refractivity contribution in [3.8, 4) is 5.75 Å². The fourth-order valence-electron chi connectivity index (χ4n) is 1.96. The van der Waals surface area contributed by atoms with Crippen molar-refractivity contribution in [2.75, 3.05) is 25.4 Å². The molecule has 0 bridgehead atoms. The van der Waals surface area contributed by atoms with E-state index < -0.39 is 5.97 Å². The summed E-state index contributed by atoms with van der Waals surface area (Å²) in [4.78, 5) is 22.4. The van der Waals surface area contributed by atoms with Gasteiger partial charge in [0, 0.05) is 33.4 Å². The SMILES string of the molecule is [CH2-]CN1CCSC(=O)N1Cc1ccc(OCC(=O)O)cc1.[W]. The number of aliphatic carboxylic acids is 1. The van der Waals surface area contributed by atoms with Crippen molar-refractivity contribution in [3.05, 3.63) is 36.8 Å². The van der Waals surface area contributed by atoms with Gasteiger partial charge in [0.25, 0.3) is 5.24 Å². The standard InChI is InChI=1S/C14H17N2O4S.W/c1-2-15-7-8-21-14(19)16(15)9-11-3-5-12(6-4-11)20-10-13(17)18;/h3-6H,1-2,7-10H2,(H,17,18);/q-1;. The van der Waals surface area contributed by atoms with E-state index in [1.165, 1.54) is 11.8 Å². The summed E-state index contributed by atoms with van der Waals surface area (Å²) >= 11 is 1.31. The number of rotatable bonds is 6. The van der Waals surface area contributed by atoms with Crippen molar-refractivity contribution in [2.24, 2.45) is 0 Å². The van der Waals surface area contributed by atoms with Crippen molar-refractivity contribution in [1.82, 2.24) is 10.0 Å². The van der Waals surface area contributed by atoms with Crippen LogP contribution in [0.3, 0.4) is 0 Å². The van der Waals surface area contributed by atoms with Crippen LogP contribution in [0, 0.1) is 6.92 Å². The smallest absolute Gasteiger partial charge is 0.341 e. The molecule has 22 heavy (non-hydrogen) atoms. The number of nitrogens with zero attached hydrogens (tertiary/aromatic N) is 2. The zero-order valence-electron chi connectivity index (χ0n) is 11.9. The summed E-state index contributed by atoms with van der Waals surface area (Å²) < 4.78 is 5.07. The number of carboxylic acids is 1. The first-order valence-corrected chi connectivity index (χ1v) is 7.50. The van der Waals surface area contributed by atoms with Gasteiger partial charge in [-0.25, -0.2) is 9.80 Å². The molecule has 2 rings (SSSR count). The fraction of sp³-hybridized carbons (Fsp3) is 0.357. The van der Waals surface area contributed by atoms with Crippen LogP contribution in [0.2, 0.25) is 0 Å². The van der Waals surface area contributed by atoms with Gasteiger partial charge in [-0.15, -0.1) is 6.54 Å². The molecule has 0 unspecified atom stereocenters. The minimum atomic E-state index is -1.01. The minimum Gasteiger partial charge on any atom is -0.482 e. The molecule has 1 saturated heterocycles. The van der Waals surface area contributed by atoms with Crippen LogP contribution in [-0.4, -0.2) is 51.8 Å². The van der Waals surface area contributed by atoms with E-state index in [-0.39, 0.29) is 32.9 Å². The van der Waals surface area contributed by atoms with Crippen LogP contribution < -0.4 is 4.74 Å². The second-order valence-electron chi connectivity index (χ2n) is 4.45. The number of ether oxygens (including phenoxy) is 1. The van der Waals surface area contributed by atoms with Gasteiger partial charge in [-0.3, -0.25) is 9.80 Å². The van der Waals surface area contributed by atoms with Crippen molar-refractivity contribution in [1.29, 1.82) is 0 Å². The van der Waals surface area contributed by atoms with Crippen LogP contribution in [-0.2, 0) is 32.4 Å². The van der Waals surface area contributed by atoms with Crippen molar-refractivity contribution >= 4 is 23.0 Å². The Bertz CT molecular complexity index is 512. The molecule has 1 aromatic rings. The molecule has 1 aromatic carbocycles. The molecule has 0 saturated carbocycles. The van der Waals surface area contributed by atoms with Gasteiger partial charge in [-0.05, 0) is 17.7 Å². The number of amides is 1. The molecular weight excluding hydrogens is 476 g/mol. The van der Waals surface area contributed by atoms with Crippen LogP contribution in [0.1, 0.15) is 5.56 Å². The van der Waals surface area contributed by atoms with Gasteiger partial charge < -0.3 is 16.8 Å². The quantitative estimate of drug-likeness (QED) is 0.611. The molecule has 8 heteroatoms. The Morgan fingerprint density at radius 1 is 1.36 bits per heavy atom. The Morgan fingerprint density at radius 2 is 2.05 bits per heavy atom. The molecule has 0 aromatic heterocycles. The third-order valence-electron chi connectivity index (χ3n) is 3.00. The average molecular weight is 493 g/mol. The fourth-order valence-corrected chi connectivity index (χ4v) is 2.76. The third kappa shape index (κ3) is 5.30. The van der Waals surface area contributed by atoms with Gasteiger partial charge in [-0.2, -0.15) is 0 Å². The average Bonchev–Trinajstić information content (AvgIpc) is 2.48. The van der Waals surface area contributed by atoms with Crippen LogP contribution in [0.5, 0.6) is 5.75 Å². The number of thioether (sulfide) groups is 1. The zero-order valence-corrected chi connectivity index (χ0v) is 15.7. The minimum absolute atomic E-state index is 0. The van der Waals surface area contributed by atoms with Gasteiger partial charge in [0.2, 0.25) is 0 Å². The van der Waals surface area contributed by atoms with Gasteiger partial charge in [-0.1, -0.05) is 23.9 Å². The molecule has 1 heterocycles. The topological polar surface area (TPSA) is 70.1 Å². The van der Waals surface area contributed by atoms with Gasteiger partial charge >= 0.3 is 5.97 Å². The van der Waals surface area contributed by atoms with E-state index >= 15 is 0 Å². The molecule has 0 atom stereocenters. The van der Waals surface area contributed by atoms with E-state index in [0.29, 0.717) is 18.8 Å². The van der Waals surface area contributed by atoms with E-state index in [9.17, 15) is 9.59 Å². The van der Waals surface area contributed by atoms with E-state index in [2.05, 4.69) is 6.92 Å². The maximum atomic E-state index is 11.9.